The first kappa shape index (κ1) is 12.9. The van der Waals surface area contributed by atoms with Gasteiger partial charge in [0.2, 0.25) is 0 Å². The summed E-state index contributed by atoms with van der Waals surface area (Å²) in [6.07, 6.45) is 3.27. The Hall–Kier alpha value is -2.15. The third kappa shape index (κ3) is 5.47. The molecule has 0 N–H and O–H groups in total. The zero-order chi connectivity index (χ0) is 12.3. The van der Waals surface area contributed by atoms with Gasteiger partial charge in [-0.15, -0.1) is 0 Å². The van der Waals surface area contributed by atoms with E-state index in [9.17, 15) is 4.79 Å². The minimum absolute atomic E-state index is 0.529. The van der Waals surface area contributed by atoms with E-state index in [1.165, 1.54) is 5.56 Å². The molecular weight excluding hydrogens is 208 g/mol. The zero-order valence-electron chi connectivity index (χ0n) is 9.75. The molecule has 0 aliphatic carbocycles. The second-order valence-corrected chi connectivity index (χ2v) is 3.47. The van der Waals surface area contributed by atoms with E-state index >= 15 is 0 Å². The minimum atomic E-state index is 0.529. The summed E-state index contributed by atoms with van der Waals surface area (Å²) >= 11 is 0. The van der Waals surface area contributed by atoms with Gasteiger partial charge in [-0.2, -0.15) is 0 Å². The lowest BCUT2D eigenvalue weighted by Gasteiger charge is -1.89. The average molecular weight is 224 g/mol. The molecule has 0 fully saturated rings. The van der Waals surface area contributed by atoms with E-state index in [1.807, 2.05) is 66.7 Å². The van der Waals surface area contributed by atoms with Crippen molar-refractivity contribution < 1.29 is 4.79 Å². The van der Waals surface area contributed by atoms with Crippen LogP contribution >= 0.6 is 0 Å². The summed E-state index contributed by atoms with van der Waals surface area (Å²) in [7, 11) is 0. The molecule has 0 atom stereocenters. The monoisotopic (exact) mass is 224 g/mol. The normalized spacial score (nSPS) is 8.71. The highest BCUT2D eigenvalue weighted by atomic mass is 16.1. The summed E-state index contributed by atoms with van der Waals surface area (Å²) < 4.78 is 0. The first-order valence-electron chi connectivity index (χ1n) is 5.52. The molecule has 0 aliphatic rings. The second-order valence-electron chi connectivity index (χ2n) is 3.47. The summed E-state index contributed by atoms with van der Waals surface area (Å²) in [6, 6.07) is 19.7. The van der Waals surface area contributed by atoms with E-state index < -0.39 is 0 Å². The maximum Gasteiger partial charge on any atom is 0.124 e. The van der Waals surface area contributed by atoms with Gasteiger partial charge in [0.15, 0.2) is 0 Å². The Labute approximate surface area is 102 Å². The third-order valence-corrected chi connectivity index (χ3v) is 2.20. The predicted molar refractivity (Wildman–Crippen MR) is 72.7 cm³/mol. The van der Waals surface area contributed by atoms with E-state index in [2.05, 4.69) is 6.58 Å². The zero-order valence-corrected chi connectivity index (χ0v) is 9.75. The van der Waals surface area contributed by atoms with Crippen LogP contribution in [0.1, 0.15) is 11.1 Å². The van der Waals surface area contributed by atoms with E-state index in [1.54, 1.807) is 0 Å². The van der Waals surface area contributed by atoms with Crippen LogP contribution < -0.4 is 0 Å². The number of carbonyl (C=O) groups excluding carboxylic acids is 1. The van der Waals surface area contributed by atoms with Gasteiger partial charge in [-0.1, -0.05) is 73.3 Å². The molecule has 2 aromatic rings. The van der Waals surface area contributed by atoms with Crippen LogP contribution in [0.5, 0.6) is 0 Å². The third-order valence-electron chi connectivity index (χ3n) is 2.20. The van der Waals surface area contributed by atoms with Crippen molar-refractivity contribution in [2.24, 2.45) is 0 Å². The van der Waals surface area contributed by atoms with Gasteiger partial charge in [-0.05, 0) is 11.1 Å². The van der Waals surface area contributed by atoms with Crippen molar-refractivity contribution >= 4 is 12.4 Å². The molecule has 0 aliphatic heterocycles. The molecule has 0 saturated carbocycles. The van der Waals surface area contributed by atoms with Crippen LogP contribution in [0.2, 0.25) is 0 Å². The molecule has 86 valence electrons. The molecule has 0 amide bonds. The Balaban J connectivity index is 0.000000171. The van der Waals surface area contributed by atoms with Gasteiger partial charge in [0.25, 0.3) is 0 Å². The smallest absolute Gasteiger partial charge is 0.124 e. The quantitative estimate of drug-likeness (QED) is 0.725. The van der Waals surface area contributed by atoms with Crippen molar-refractivity contribution in [1.82, 2.24) is 0 Å². The summed E-state index contributed by atoms with van der Waals surface area (Å²) in [5, 5.41) is 0. The van der Waals surface area contributed by atoms with Gasteiger partial charge >= 0.3 is 0 Å². The van der Waals surface area contributed by atoms with Crippen LogP contribution in [0.15, 0.2) is 67.2 Å². The molecule has 1 heteroatoms. The predicted octanol–water partition coefficient (Wildman–Crippen LogP) is 3.76. The molecule has 17 heavy (non-hydrogen) atoms. The molecular formula is C16H16O. The lowest BCUT2D eigenvalue weighted by molar-refractivity contribution is -0.107. The SMILES string of the molecule is C=Cc1ccccc1.O=CCc1ccccc1. The number of hydrogen-bond acceptors (Lipinski definition) is 1. The number of rotatable bonds is 3. The highest BCUT2D eigenvalue weighted by Gasteiger charge is 1.84. The molecule has 0 radical (unpaired) electrons. The summed E-state index contributed by atoms with van der Waals surface area (Å²) in [4.78, 5) is 9.97. The molecule has 0 heterocycles. The molecule has 0 unspecified atom stereocenters. The molecule has 1 nitrogen and oxygen atoms in total. The number of benzene rings is 2. The topological polar surface area (TPSA) is 17.1 Å². The van der Waals surface area contributed by atoms with Gasteiger partial charge < -0.3 is 4.79 Å². The van der Waals surface area contributed by atoms with Crippen LogP contribution in [0, 0.1) is 0 Å². The lowest BCUT2D eigenvalue weighted by atomic mass is 10.2. The maximum absolute atomic E-state index is 9.97. The van der Waals surface area contributed by atoms with Gasteiger partial charge in [0.1, 0.15) is 6.29 Å². The van der Waals surface area contributed by atoms with Crippen LogP contribution in [-0.2, 0) is 11.2 Å². The van der Waals surface area contributed by atoms with E-state index in [0.29, 0.717) is 6.42 Å². The summed E-state index contributed by atoms with van der Waals surface area (Å²) in [6.45, 7) is 3.63. The number of hydrogen-bond donors (Lipinski definition) is 0. The number of carbonyl (C=O) groups is 1. The highest BCUT2D eigenvalue weighted by molar-refractivity contribution is 5.54. The summed E-state index contributed by atoms with van der Waals surface area (Å²) in [5.74, 6) is 0. The van der Waals surface area contributed by atoms with Gasteiger partial charge in [-0.25, -0.2) is 0 Å². The van der Waals surface area contributed by atoms with E-state index in [0.717, 1.165) is 11.8 Å². The Kier molecular flexibility index (Phi) is 6.12. The second kappa shape index (κ2) is 8.05. The Morgan fingerprint density at radius 2 is 1.41 bits per heavy atom. The first-order valence-corrected chi connectivity index (χ1v) is 5.52. The molecule has 0 bridgehead atoms. The first-order chi connectivity index (χ1) is 8.36. The van der Waals surface area contributed by atoms with Crippen molar-refractivity contribution in [2.45, 2.75) is 6.42 Å². The van der Waals surface area contributed by atoms with Crippen molar-refractivity contribution in [2.75, 3.05) is 0 Å². The van der Waals surface area contributed by atoms with Crippen LogP contribution in [-0.4, -0.2) is 6.29 Å². The van der Waals surface area contributed by atoms with Gasteiger partial charge in [-0.3, -0.25) is 0 Å². The van der Waals surface area contributed by atoms with Crippen molar-refractivity contribution in [3.05, 3.63) is 78.4 Å². The highest BCUT2D eigenvalue weighted by Crippen LogP contribution is 1.97. The Morgan fingerprint density at radius 3 is 1.82 bits per heavy atom. The molecule has 0 saturated heterocycles. The van der Waals surface area contributed by atoms with Crippen LogP contribution in [0.3, 0.4) is 0 Å². The van der Waals surface area contributed by atoms with E-state index in [4.69, 9.17) is 0 Å². The van der Waals surface area contributed by atoms with Crippen LogP contribution in [0.25, 0.3) is 6.08 Å². The standard InChI is InChI=1S/C8H8O.C8H8/c9-7-6-8-4-2-1-3-5-8;1-2-8-6-4-3-5-7-8/h1-5,7H,6H2;2-7H,1H2. The fraction of sp³-hybridized carbons (Fsp3) is 0.0625. The molecule has 0 spiro atoms. The average Bonchev–Trinajstić information content (AvgIpc) is 2.42. The molecule has 2 rings (SSSR count). The van der Waals surface area contributed by atoms with Gasteiger partial charge in [0.05, 0.1) is 0 Å². The number of aldehydes is 1. The minimum Gasteiger partial charge on any atom is -0.303 e. The maximum atomic E-state index is 9.97. The molecule has 2 aromatic carbocycles. The largest absolute Gasteiger partial charge is 0.303 e. The fourth-order valence-electron chi connectivity index (χ4n) is 1.30. The van der Waals surface area contributed by atoms with Crippen molar-refractivity contribution in [3.8, 4) is 0 Å². The van der Waals surface area contributed by atoms with Crippen molar-refractivity contribution in [1.29, 1.82) is 0 Å². The van der Waals surface area contributed by atoms with E-state index in [-0.39, 0.29) is 0 Å². The fourth-order valence-corrected chi connectivity index (χ4v) is 1.30. The van der Waals surface area contributed by atoms with Crippen molar-refractivity contribution in [3.63, 3.8) is 0 Å². The summed E-state index contributed by atoms with van der Waals surface area (Å²) in [5.41, 5.74) is 2.25. The Bertz CT molecular complexity index is 432. The lowest BCUT2D eigenvalue weighted by Crippen LogP contribution is -1.82. The Morgan fingerprint density at radius 1 is 0.882 bits per heavy atom. The van der Waals surface area contributed by atoms with Crippen LogP contribution in [0.4, 0.5) is 0 Å². The molecule has 0 aromatic heterocycles. The van der Waals surface area contributed by atoms with Gasteiger partial charge in [0, 0.05) is 6.42 Å².